The van der Waals surface area contributed by atoms with Crippen molar-refractivity contribution in [3.05, 3.63) is 52.2 Å². The number of benzene rings is 1. The molecule has 0 saturated carbocycles. The van der Waals surface area contributed by atoms with Crippen LogP contribution in [0.2, 0.25) is 5.02 Å². The molecule has 0 radical (unpaired) electrons. The second kappa shape index (κ2) is 8.30. The molecule has 3 aromatic rings. The Morgan fingerprint density at radius 2 is 1.92 bits per heavy atom. The van der Waals surface area contributed by atoms with Crippen molar-refractivity contribution >= 4 is 55.2 Å². The minimum absolute atomic E-state index is 0.0969. The third-order valence-electron chi connectivity index (χ3n) is 3.51. The molecule has 0 aliphatic rings. The fourth-order valence-electron chi connectivity index (χ4n) is 2.23. The Bertz CT molecular complexity index is 981. The van der Waals surface area contributed by atoms with Crippen LogP contribution in [0.1, 0.15) is 12.8 Å². The van der Waals surface area contributed by atoms with Crippen LogP contribution in [0.15, 0.2) is 52.1 Å². The summed E-state index contributed by atoms with van der Waals surface area (Å²) < 4.78 is 24.5. The molecule has 0 aliphatic heterocycles. The maximum Gasteiger partial charge on any atom is 0.226 e. The third kappa shape index (κ3) is 4.91. The van der Waals surface area contributed by atoms with E-state index in [1.54, 1.807) is 11.3 Å². The van der Waals surface area contributed by atoms with Gasteiger partial charge in [-0.15, -0.1) is 22.7 Å². The van der Waals surface area contributed by atoms with Crippen LogP contribution in [-0.4, -0.2) is 25.1 Å². The Morgan fingerprint density at radius 1 is 1.15 bits per heavy atom. The van der Waals surface area contributed by atoms with Crippen molar-refractivity contribution in [3.63, 3.8) is 0 Å². The van der Waals surface area contributed by atoms with Crippen molar-refractivity contribution in [1.82, 2.24) is 4.98 Å². The fourth-order valence-corrected chi connectivity index (χ4v) is 5.16. The predicted octanol–water partition coefficient (Wildman–Crippen LogP) is 4.72. The van der Waals surface area contributed by atoms with Crippen molar-refractivity contribution in [2.24, 2.45) is 0 Å². The molecule has 0 saturated heterocycles. The lowest BCUT2D eigenvalue weighted by Crippen LogP contribution is -2.14. The van der Waals surface area contributed by atoms with Crippen LogP contribution in [0, 0.1) is 0 Å². The summed E-state index contributed by atoms with van der Waals surface area (Å²) in [6.45, 7) is 0. The van der Waals surface area contributed by atoms with Crippen LogP contribution < -0.4 is 5.32 Å². The van der Waals surface area contributed by atoms with Crippen LogP contribution in [0.25, 0.3) is 10.6 Å². The highest BCUT2D eigenvalue weighted by Gasteiger charge is 2.15. The van der Waals surface area contributed by atoms with E-state index in [0.717, 1.165) is 10.6 Å². The number of thiazole rings is 1. The normalized spacial score (nSPS) is 11.4. The molecule has 0 atom stereocenters. The predicted molar refractivity (Wildman–Crippen MR) is 107 cm³/mol. The molecule has 2 heterocycles. The number of nitrogens with one attached hydrogen (secondary N) is 1. The number of carbonyl (C=O) groups excluding carboxylic acids is 1. The third-order valence-corrected chi connectivity index (χ3v) is 7.23. The van der Waals surface area contributed by atoms with Gasteiger partial charge in [0.15, 0.2) is 15.0 Å². The fraction of sp³-hybridized carbons (Fsp3) is 0.176. The number of carbonyl (C=O) groups is 1. The first-order valence-corrected chi connectivity index (χ1v) is 11.5. The number of rotatable bonds is 7. The topological polar surface area (TPSA) is 76.1 Å². The number of amides is 1. The zero-order valence-electron chi connectivity index (χ0n) is 13.5. The minimum atomic E-state index is -3.42. The summed E-state index contributed by atoms with van der Waals surface area (Å²) in [5.41, 5.74) is 0.825. The maximum absolute atomic E-state index is 12.2. The van der Waals surface area contributed by atoms with E-state index in [1.165, 1.54) is 35.6 Å². The molecule has 1 amide bonds. The number of sulfone groups is 1. The van der Waals surface area contributed by atoms with Gasteiger partial charge in [-0.3, -0.25) is 4.79 Å². The van der Waals surface area contributed by atoms with E-state index in [2.05, 4.69) is 10.3 Å². The van der Waals surface area contributed by atoms with Gasteiger partial charge in [-0.05, 0) is 42.1 Å². The van der Waals surface area contributed by atoms with Crippen LogP contribution in [0.5, 0.6) is 0 Å². The summed E-state index contributed by atoms with van der Waals surface area (Å²) >= 11 is 8.69. The highest BCUT2D eigenvalue weighted by Crippen LogP contribution is 2.28. The summed E-state index contributed by atoms with van der Waals surface area (Å²) in [7, 11) is -3.42. The van der Waals surface area contributed by atoms with Gasteiger partial charge in [0.1, 0.15) is 0 Å². The Morgan fingerprint density at radius 3 is 2.62 bits per heavy atom. The molecule has 1 aromatic carbocycles. The van der Waals surface area contributed by atoms with Crippen molar-refractivity contribution in [2.75, 3.05) is 11.1 Å². The zero-order chi connectivity index (χ0) is 18.6. The molecule has 0 spiro atoms. The van der Waals surface area contributed by atoms with E-state index in [1.807, 2.05) is 22.9 Å². The van der Waals surface area contributed by atoms with E-state index in [-0.39, 0.29) is 29.4 Å². The lowest BCUT2D eigenvalue weighted by molar-refractivity contribution is -0.116. The van der Waals surface area contributed by atoms with E-state index in [0.29, 0.717) is 10.2 Å². The first-order valence-electron chi connectivity index (χ1n) is 7.72. The summed E-state index contributed by atoms with van der Waals surface area (Å²) in [6.07, 6.45) is 0.348. The number of aromatic nitrogens is 1. The summed E-state index contributed by atoms with van der Waals surface area (Å²) in [4.78, 5) is 17.6. The molecule has 26 heavy (non-hydrogen) atoms. The van der Waals surface area contributed by atoms with Gasteiger partial charge in [-0.2, -0.15) is 0 Å². The Balaban J connectivity index is 1.50. The quantitative estimate of drug-likeness (QED) is 0.593. The first kappa shape index (κ1) is 19.0. The number of anilines is 1. The summed E-state index contributed by atoms with van der Waals surface area (Å²) in [5.74, 6) is -0.344. The highest BCUT2D eigenvalue weighted by atomic mass is 35.5. The summed E-state index contributed by atoms with van der Waals surface area (Å²) in [6, 6.07) is 9.92. The van der Waals surface area contributed by atoms with Crippen LogP contribution in [0.3, 0.4) is 0 Å². The number of hydrogen-bond acceptors (Lipinski definition) is 6. The largest absolute Gasteiger partial charge is 0.302 e. The van der Waals surface area contributed by atoms with Gasteiger partial charge in [0.25, 0.3) is 0 Å². The molecular formula is C17H15ClN2O3S3. The zero-order valence-corrected chi connectivity index (χ0v) is 16.7. The Hall–Kier alpha value is -1.74. The van der Waals surface area contributed by atoms with Gasteiger partial charge in [0, 0.05) is 16.8 Å². The van der Waals surface area contributed by atoms with Crippen molar-refractivity contribution in [1.29, 1.82) is 0 Å². The average molecular weight is 427 g/mol. The second-order valence-corrected chi connectivity index (χ2v) is 9.79. The Kier molecular flexibility index (Phi) is 6.08. The van der Waals surface area contributed by atoms with Crippen LogP contribution in [-0.2, 0) is 14.6 Å². The SMILES string of the molecule is O=C(CCCS(=O)(=O)c1ccc(Cl)cc1)Nc1nc(-c2cccs2)cs1. The molecule has 136 valence electrons. The molecular weight excluding hydrogens is 412 g/mol. The molecule has 0 aliphatic carbocycles. The highest BCUT2D eigenvalue weighted by molar-refractivity contribution is 7.91. The van der Waals surface area contributed by atoms with E-state index >= 15 is 0 Å². The lowest BCUT2D eigenvalue weighted by atomic mass is 10.3. The first-order chi connectivity index (χ1) is 12.4. The molecule has 3 rings (SSSR count). The van der Waals surface area contributed by atoms with Gasteiger partial charge in [0.05, 0.1) is 21.2 Å². The van der Waals surface area contributed by atoms with Gasteiger partial charge in [-0.1, -0.05) is 17.7 Å². The number of thiophene rings is 1. The van der Waals surface area contributed by atoms with Crippen molar-refractivity contribution in [3.8, 4) is 10.6 Å². The molecule has 0 unspecified atom stereocenters. The molecule has 0 bridgehead atoms. The maximum atomic E-state index is 12.2. The molecule has 5 nitrogen and oxygen atoms in total. The standard InChI is InChI=1S/C17H15ClN2O3S3/c18-12-5-7-13(8-6-12)26(22,23)10-2-4-16(21)20-17-19-14(11-25-17)15-3-1-9-24-15/h1,3,5-9,11H,2,4,10H2,(H,19,20,21). The van der Waals surface area contributed by atoms with Crippen molar-refractivity contribution in [2.45, 2.75) is 17.7 Å². The molecule has 1 N–H and O–H groups in total. The molecule has 0 fully saturated rings. The van der Waals surface area contributed by atoms with Crippen LogP contribution >= 0.6 is 34.3 Å². The Labute approximate surface area is 164 Å². The minimum Gasteiger partial charge on any atom is -0.302 e. The van der Waals surface area contributed by atoms with Crippen LogP contribution in [0.4, 0.5) is 5.13 Å². The van der Waals surface area contributed by atoms with E-state index in [9.17, 15) is 13.2 Å². The van der Waals surface area contributed by atoms with Gasteiger partial charge >= 0.3 is 0 Å². The number of nitrogens with zero attached hydrogens (tertiary/aromatic N) is 1. The monoisotopic (exact) mass is 426 g/mol. The van der Waals surface area contributed by atoms with E-state index in [4.69, 9.17) is 11.6 Å². The van der Waals surface area contributed by atoms with E-state index < -0.39 is 9.84 Å². The van der Waals surface area contributed by atoms with Gasteiger partial charge < -0.3 is 5.32 Å². The summed E-state index contributed by atoms with van der Waals surface area (Å²) in [5, 5.41) is 7.56. The average Bonchev–Trinajstić information content (AvgIpc) is 3.26. The van der Waals surface area contributed by atoms with Gasteiger partial charge in [0.2, 0.25) is 5.91 Å². The smallest absolute Gasteiger partial charge is 0.226 e. The van der Waals surface area contributed by atoms with Crippen molar-refractivity contribution < 1.29 is 13.2 Å². The number of hydrogen-bond donors (Lipinski definition) is 1. The molecule has 9 heteroatoms. The number of halogens is 1. The molecule has 2 aromatic heterocycles. The van der Waals surface area contributed by atoms with Gasteiger partial charge in [-0.25, -0.2) is 13.4 Å². The second-order valence-electron chi connectivity index (χ2n) is 5.44. The lowest BCUT2D eigenvalue weighted by Gasteiger charge is -2.05.